The fourth-order valence-corrected chi connectivity index (χ4v) is 1.27. The smallest absolute Gasteiger partial charge is 0.137 e. The van der Waals surface area contributed by atoms with E-state index in [1.54, 1.807) is 19.2 Å². The second-order valence-corrected chi connectivity index (χ2v) is 2.82. The lowest BCUT2D eigenvalue weighted by atomic mass is 10.1. The lowest BCUT2D eigenvalue weighted by Crippen LogP contribution is -2.14. The van der Waals surface area contributed by atoms with Crippen LogP contribution >= 0.6 is 0 Å². The molecule has 15 heavy (non-hydrogen) atoms. The first-order valence-electron chi connectivity index (χ1n) is 4.28. The van der Waals surface area contributed by atoms with Gasteiger partial charge in [0.05, 0.1) is 21.3 Å². The zero-order valence-electron chi connectivity index (χ0n) is 8.96. The van der Waals surface area contributed by atoms with Crippen LogP contribution in [0.3, 0.4) is 0 Å². The van der Waals surface area contributed by atoms with Gasteiger partial charge in [-0.05, 0) is 0 Å². The average Bonchev–Trinajstić information content (AvgIpc) is 2.26. The quantitative estimate of drug-likeness (QED) is 0.574. The molecule has 0 aliphatic rings. The molecule has 0 spiro atoms. The van der Waals surface area contributed by atoms with E-state index in [2.05, 4.69) is 0 Å². The molecule has 0 saturated heterocycles. The zero-order chi connectivity index (χ0) is 11.4. The molecular weight excluding hydrogens is 196 g/mol. The Balaban J connectivity index is 3.39. The van der Waals surface area contributed by atoms with Crippen LogP contribution in [0.4, 0.5) is 0 Å². The van der Waals surface area contributed by atoms with E-state index < -0.39 is 0 Å². The van der Waals surface area contributed by atoms with Gasteiger partial charge in [0, 0.05) is 12.1 Å². The summed E-state index contributed by atoms with van der Waals surface area (Å²) in [5, 5.41) is 7.43. The van der Waals surface area contributed by atoms with Crippen molar-refractivity contribution >= 4 is 5.84 Å². The van der Waals surface area contributed by atoms with Crippen LogP contribution in [0.5, 0.6) is 17.2 Å². The Hall–Kier alpha value is -1.91. The minimum absolute atomic E-state index is 0.105. The van der Waals surface area contributed by atoms with Gasteiger partial charge in [-0.15, -0.1) is 0 Å². The topological polar surface area (TPSA) is 77.6 Å². The number of hydrogen-bond donors (Lipinski definition) is 2. The summed E-state index contributed by atoms with van der Waals surface area (Å²) in [6.07, 6.45) is 0. The lowest BCUT2D eigenvalue weighted by Gasteiger charge is -2.13. The third-order valence-electron chi connectivity index (χ3n) is 1.98. The largest absolute Gasteiger partial charge is 0.496 e. The molecule has 1 rings (SSSR count). The zero-order valence-corrected chi connectivity index (χ0v) is 8.96. The highest BCUT2D eigenvalue weighted by Crippen LogP contribution is 2.33. The Labute approximate surface area is 88.3 Å². The summed E-state index contributed by atoms with van der Waals surface area (Å²) in [6.45, 7) is 0. The van der Waals surface area contributed by atoms with E-state index >= 15 is 0 Å². The molecule has 0 aliphatic carbocycles. The van der Waals surface area contributed by atoms with E-state index in [1.165, 1.54) is 14.2 Å². The van der Waals surface area contributed by atoms with Gasteiger partial charge in [0.15, 0.2) is 0 Å². The number of nitrogens with one attached hydrogen (secondary N) is 1. The molecule has 0 heterocycles. The molecule has 1 aromatic rings. The molecule has 0 bridgehead atoms. The van der Waals surface area contributed by atoms with Gasteiger partial charge in [-0.3, -0.25) is 5.41 Å². The second-order valence-electron chi connectivity index (χ2n) is 2.82. The van der Waals surface area contributed by atoms with Gasteiger partial charge < -0.3 is 19.9 Å². The number of nitrogen functional groups attached to an aromatic ring is 1. The lowest BCUT2D eigenvalue weighted by molar-refractivity contribution is 0.374. The second kappa shape index (κ2) is 4.54. The van der Waals surface area contributed by atoms with Gasteiger partial charge >= 0.3 is 0 Å². The molecule has 0 atom stereocenters. The van der Waals surface area contributed by atoms with Crippen molar-refractivity contribution in [2.24, 2.45) is 5.73 Å². The average molecular weight is 210 g/mol. The number of methoxy groups -OCH3 is 3. The third kappa shape index (κ3) is 2.12. The van der Waals surface area contributed by atoms with E-state index in [-0.39, 0.29) is 5.84 Å². The highest BCUT2D eigenvalue weighted by molar-refractivity contribution is 6.00. The standard InChI is InChI=1S/C10H14N2O3/c1-13-6-4-7(14-2)9(10(11)12)8(5-6)15-3/h4-5H,1-3H3,(H3,11,12). The summed E-state index contributed by atoms with van der Waals surface area (Å²) in [5.41, 5.74) is 5.87. The van der Waals surface area contributed by atoms with Crippen LogP contribution < -0.4 is 19.9 Å². The van der Waals surface area contributed by atoms with E-state index in [1.807, 2.05) is 0 Å². The van der Waals surface area contributed by atoms with Gasteiger partial charge in [0.1, 0.15) is 28.6 Å². The molecule has 1 aromatic carbocycles. The van der Waals surface area contributed by atoms with E-state index in [9.17, 15) is 0 Å². The van der Waals surface area contributed by atoms with Crippen molar-refractivity contribution in [2.75, 3.05) is 21.3 Å². The molecule has 0 aromatic heterocycles. The molecular formula is C10H14N2O3. The third-order valence-corrected chi connectivity index (χ3v) is 1.98. The van der Waals surface area contributed by atoms with Crippen molar-refractivity contribution in [1.29, 1.82) is 5.41 Å². The Morgan fingerprint density at radius 3 is 1.80 bits per heavy atom. The van der Waals surface area contributed by atoms with Gasteiger partial charge in [0.2, 0.25) is 0 Å². The minimum Gasteiger partial charge on any atom is -0.496 e. The summed E-state index contributed by atoms with van der Waals surface area (Å²) in [7, 11) is 4.54. The van der Waals surface area contributed by atoms with Crippen LogP contribution in [0, 0.1) is 5.41 Å². The maximum atomic E-state index is 7.43. The van der Waals surface area contributed by atoms with E-state index in [4.69, 9.17) is 25.4 Å². The molecule has 82 valence electrons. The molecule has 3 N–H and O–H groups in total. The van der Waals surface area contributed by atoms with Crippen molar-refractivity contribution in [2.45, 2.75) is 0 Å². The summed E-state index contributed by atoms with van der Waals surface area (Å²) < 4.78 is 15.3. The Morgan fingerprint density at radius 2 is 1.53 bits per heavy atom. The minimum atomic E-state index is -0.105. The Bertz CT molecular complexity index is 352. The SMILES string of the molecule is COc1cc(OC)c(C(=N)N)c(OC)c1. The van der Waals surface area contributed by atoms with Crippen LogP contribution in [0.25, 0.3) is 0 Å². The maximum absolute atomic E-state index is 7.43. The normalized spacial score (nSPS) is 9.53. The van der Waals surface area contributed by atoms with Crippen LogP contribution in [0.2, 0.25) is 0 Å². The first kappa shape index (κ1) is 11.2. The fraction of sp³-hybridized carbons (Fsp3) is 0.300. The molecule has 0 aliphatic heterocycles. The molecule has 0 fully saturated rings. The number of ether oxygens (including phenoxy) is 3. The Morgan fingerprint density at radius 1 is 1.07 bits per heavy atom. The fourth-order valence-electron chi connectivity index (χ4n) is 1.27. The first-order valence-corrected chi connectivity index (χ1v) is 4.28. The van der Waals surface area contributed by atoms with Crippen LogP contribution in [0.15, 0.2) is 12.1 Å². The Kier molecular flexibility index (Phi) is 3.38. The summed E-state index contributed by atoms with van der Waals surface area (Å²) in [6, 6.07) is 3.30. The van der Waals surface area contributed by atoms with Crippen molar-refractivity contribution in [3.63, 3.8) is 0 Å². The molecule has 0 unspecified atom stereocenters. The van der Waals surface area contributed by atoms with Crippen LogP contribution in [0.1, 0.15) is 5.56 Å². The highest BCUT2D eigenvalue weighted by Gasteiger charge is 2.15. The molecule has 0 saturated carbocycles. The monoisotopic (exact) mass is 210 g/mol. The molecule has 0 radical (unpaired) electrons. The molecule has 5 heteroatoms. The summed E-state index contributed by atoms with van der Waals surface area (Å²) >= 11 is 0. The molecule has 0 amide bonds. The number of rotatable bonds is 4. The van der Waals surface area contributed by atoms with Crippen LogP contribution in [-0.4, -0.2) is 27.2 Å². The summed E-state index contributed by atoms with van der Waals surface area (Å²) in [4.78, 5) is 0. The van der Waals surface area contributed by atoms with Crippen molar-refractivity contribution in [3.8, 4) is 17.2 Å². The predicted molar refractivity (Wildman–Crippen MR) is 57.1 cm³/mol. The van der Waals surface area contributed by atoms with Gasteiger partial charge in [-0.1, -0.05) is 0 Å². The van der Waals surface area contributed by atoms with Crippen molar-refractivity contribution < 1.29 is 14.2 Å². The van der Waals surface area contributed by atoms with Gasteiger partial charge in [0.25, 0.3) is 0 Å². The number of amidine groups is 1. The van der Waals surface area contributed by atoms with Crippen LogP contribution in [-0.2, 0) is 0 Å². The number of nitrogens with two attached hydrogens (primary N) is 1. The number of hydrogen-bond acceptors (Lipinski definition) is 4. The van der Waals surface area contributed by atoms with Crippen molar-refractivity contribution in [3.05, 3.63) is 17.7 Å². The maximum Gasteiger partial charge on any atom is 0.137 e. The highest BCUT2D eigenvalue weighted by atomic mass is 16.5. The van der Waals surface area contributed by atoms with E-state index in [0.29, 0.717) is 22.8 Å². The predicted octanol–water partition coefficient (Wildman–Crippen LogP) is 0.996. The summed E-state index contributed by atoms with van der Waals surface area (Å²) in [5.74, 6) is 1.40. The van der Waals surface area contributed by atoms with Gasteiger partial charge in [-0.2, -0.15) is 0 Å². The van der Waals surface area contributed by atoms with E-state index in [0.717, 1.165) is 0 Å². The van der Waals surface area contributed by atoms with Gasteiger partial charge in [-0.25, -0.2) is 0 Å². The molecule has 5 nitrogen and oxygen atoms in total. The first-order chi connectivity index (χ1) is 7.13. The van der Waals surface area contributed by atoms with Crippen molar-refractivity contribution in [1.82, 2.24) is 0 Å². The number of benzene rings is 1.